The summed E-state index contributed by atoms with van der Waals surface area (Å²) in [6, 6.07) is 16.9. The average molecular weight is 377 g/mol. The molecule has 7 heteroatoms. The zero-order chi connectivity index (χ0) is 19.9. The van der Waals surface area contributed by atoms with E-state index < -0.39 is 0 Å². The highest BCUT2D eigenvalue weighted by Crippen LogP contribution is 2.22. The first-order chi connectivity index (χ1) is 13.6. The second-order valence-corrected chi connectivity index (χ2v) is 5.82. The molecule has 0 aliphatic rings. The largest absolute Gasteiger partial charge is 0.462 e. The van der Waals surface area contributed by atoms with E-state index in [9.17, 15) is 9.59 Å². The normalized spacial score (nSPS) is 10.8. The number of furan rings is 1. The van der Waals surface area contributed by atoms with Crippen molar-refractivity contribution in [3.63, 3.8) is 0 Å². The Morgan fingerprint density at radius 3 is 2.39 bits per heavy atom. The molecule has 7 nitrogen and oxygen atoms in total. The van der Waals surface area contributed by atoms with Gasteiger partial charge in [-0.25, -0.2) is 10.2 Å². The van der Waals surface area contributed by atoms with Crippen molar-refractivity contribution < 1.29 is 18.7 Å². The maximum absolute atomic E-state index is 12.0. The zero-order valence-corrected chi connectivity index (χ0v) is 15.2. The van der Waals surface area contributed by atoms with Gasteiger partial charge in [0.15, 0.2) is 0 Å². The number of hydrogen-bond acceptors (Lipinski definition) is 6. The minimum absolute atomic E-state index is 0.330. The Hall–Kier alpha value is -3.87. The number of nitrogens with one attached hydrogen (secondary N) is 1. The third kappa shape index (κ3) is 4.64. The lowest BCUT2D eigenvalue weighted by atomic mass is 10.1. The highest BCUT2D eigenvalue weighted by Gasteiger charge is 2.08. The van der Waals surface area contributed by atoms with E-state index in [0.29, 0.717) is 34.9 Å². The highest BCUT2D eigenvalue weighted by atomic mass is 16.5. The summed E-state index contributed by atoms with van der Waals surface area (Å²) < 4.78 is 10.6. The number of anilines is 1. The number of esters is 1. The molecule has 0 atom stereocenters. The van der Waals surface area contributed by atoms with Crippen LogP contribution in [-0.4, -0.2) is 24.7 Å². The molecule has 0 saturated heterocycles. The molecule has 0 aliphatic carbocycles. The van der Waals surface area contributed by atoms with Crippen LogP contribution in [0.2, 0.25) is 0 Å². The maximum Gasteiger partial charge on any atom is 0.338 e. The molecule has 0 bridgehead atoms. The number of nitrogen functional groups attached to an aromatic ring is 1. The van der Waals surface area contributed by atoms with E-state index in [1.807, 2.05) is 0 Å². The summed E-state index contributed by atoms with van der Waals surface area (Å²) >= 11 is 0. The van der Waals surface area contributed by atoms with Crippen LogP contribution >= 0.6 is 0 Å². The quantitative estimate of drug-likeness (QED) is 0.296. The molecule has 1 aromatic heterocycles. The SMILES string of the molecule is CCOC(=O)c1ccc(-c2ccc(/C=N\NC(=O)c3ccc(N)cc3)o2)cc1. The van der Waals surface area contributed by atoms with Crippen molar-refractivity contribution in [2.75, 3.05) is 12.3 Å². The first-order valence-electron chi connectivity index (χ1n) is 8.63. The molecule has 142 valence electrons. The van der Waals surface area contributed by atoms with Gasteiger partial charge in [0, 0.05) is 16.8 Å². The Bertz CT molecular complexity index is 989. The van der Waals surface area contributed by atoms with Crippen molar-refractivity contribution in [1.29, 1.82) is 0 Å². The van der Waals surface area contributed by atoms with Crippen LogP contribution in [0.3, 0.4) is 0 Å². The number of carbonyl (C=O) groups is 2. The lowest BCUT2D eigenvalue weighted by Gasteiger charge is -2.02. The Labute approximate surface area is 161 Å². The first-order valence-corrected chi connectivity index (χ1v) is 8.63. The molecule has 0 aliphatic heterocycles. The minimum atomic E-state index is -0.363. The number of nitrogens with two attached hydrogens (primary N) is 1. The van der Waals surface area contributed by atoms with Crippen LogP contribution in [0.5, 0.6) is 0 Å². The lowest BCUT2D eigenvalue weighted by Crippen LogP contribution is -2.17. The number of carbonyl (C=O) groups excluding carboxylic acids is 2. The van der Waals surface area contributed by atoms with Gasteiger partial charge in [0.1, 0.15) is 11.5 Å². The van der Waals surface area contributed by atoms with Gasteiger partial charge >= 0.3 is 5.97 Å². The molecule has 2 aromatic carbocycles. The van der Waals surface area contributed by atoms with Crippen LogP contribution in [0.25, 0.3) is 11.3 Å². The van der Waals surface area contributed by atoms with Crippen molar-refractivity contribution in [3.05, 3.63) is 77.6 Å². The average Bonchev–Trinajstić information content (AvgIpc) is 3.17. The maximum atomic E-state index is 12.0. The van der Waals surface area contributed by atoms with E-state index >= 15 is 0 Å². The van der Waals surface area contributed by atoms with Gasteiger partial charge in [-0.1, -0.05) is 12.1 Å². The molecule has 28 heavy (non-hydrogen) atoms. The second-order valence-electron chi connectivity index (χ2n) is 5.82. The number of rotatable bonds is 6. The van der Waals surface area contributed by atoms with Crippen LogP contribution in [0, 0.1) is 0 Å². The molecular weight excluding hydrogens is 358 g/mol. The molecule has 0 fully saturated rings. The second kappa shape index (κ2) is 8.68. The summed E-state index contributed by atoms with van der Waals surface area (Å²) in [5.41, 5.74) is 10.3. The van der Waals surface area contributed by atoms with Gasteiger partial charge in [0.05, 0.1) is 18.4 Å². The number of nitrogens with zero attached hydrogens (tertiary/aromatic N) is 1. The van der Waals surface area contributed by atoms with Crippen molar-refractivity contribution in [3.8, 4) is 11.3 Å². The summed E-state index contributed by atoms with van der Waals surface area (Å²) in [6.45, 7) is 2.09. The lowest BCUT2D eigenvalue weighted by molar-refractivity contribution is 0.0526. The van der Waals surface area contributed by atoms with E-state index in [4.69, 9.17) is 14.9 Å². The van der Waals surface area contributed by atoms with Crippen LogP contribution in [0.1, 0.15) is 33.4 Å². The van der Waals surface area contributed by atoms with Gasteiger partial charge in [-0.05, 0) is 55.5 Å². The molecule has 0 spiro atoms. The standard InChI is InChI=1S/C21H19N3O4/c1-2-27-21(26)16-5-3-14(4-6-16)19-12-11-18(28-19)13-23-24-20(25)15-7-9-17(22)10-8-15/h3-13H,2,22H2,1H3,(H,24,25)/b23-13-. The van der Waals surface area contributed by atoms with E-state index in [1.54, 1.807) is 67.6 Å². The summed E-state index contributed by atoms with van der Waals surface area (Å²) in [5, 5.41) is 3.89. The smallest absolute Gasteiger partial charge is 0.338 e. The van der Waals surface area contributed by atoms with Crippen molar-refractivity contribution in [2.45, 2.75) is 6.92 Å². The third-order valence-electron chi connectivity index (χ3n) is 3.84. The van der Waals surface area contributed by atoms with Crippen molar-refractivity contribution in [1.82, 2.24) is 5.43 Å². The fourth-order valence-electron chi connectivity index (χ4n) is 2.42. The number of benzene rings is 2. The number of hydrazone groups is 1. The van der Waals surface area contributed by atoms with Crippen LogP contribution in [0.15, 0.2) is 70.2 Å². The van der Waals surface area contributed by atoms with Gasteiger partial charge in [-0.15, -0.1) is 0 Å². The van der Waals surface area contributed by atoms with E-state index in [1.165, 1.54) is 6.21 Å². The van der Waals surface area contributed by atoms with E-state index in [0.717, 1.165) is 5.56 Å². The zero-order valence-electron chi connectivity index (χ0n) is 15.2. The molecule has 0 saturated carbocycles. The Kier molecular flexibility index (Phi) is 5.86. The fraction of sp³-hybridized carbons (Fsp3) is 0.0952. The van der Waals surface area contributed by atoms with Crippen LogP contribution < -0.4 is 11.2 Å². The minimum Gasteiger partial charge on any atom is -0.462 e. The van der Waals surface area contributed by atoms with E-state index in [-0.39, 0.29) is 11.9 Å². The summed E-state index contributed by atoms with van der Waals surface area (Å²) in [4.78, 5) is 23.7. The van der Waals surface area contributed by atoms with Gasteiger partial charge < -0.3 is 14.9 Å². The predicted molar refractivity (Wildman–Crippen MR) is 106 cm³/mol. The monoisotopic (exact) mass is 377 g/mol. The van der Waals surface area contributed by atoms with Crippen LogP contribution in [-0.2, 0) is 4.74 Å². The Morgan fingerprint density at radius 1 is 1.04 bits per heavy atom. The topological polar surface area (TPSA) is 107 Å². The fourth-order valence-corrected chi connectivity index (χ4v) is 2.42. The molecule has 0 unspecified atom stereocenters. The van der Waals surface area contributed by atoms with Crippen LogP contribution in [0.4, 0.5) is 5.69 Å². The molecule has 1 heterocycles. The van der Waals surface area contributed by atoms with Gasteiger partial charge in [0.25, 0.3) is 5.91 Å². The predicted octanol–water partition coefficient (Wildman–Crippen LogP) is 3.47. The number of ether oxygens (including phenoxy) is 1. The van der Waals surface area contributed by atoms with E-state index in [2.05, 4.69) is 10.5 Å². The third-order valence-corrected chi connectivity index (χ3v) is 3.84. The first kappa shape index (κ1) is 18.9. The van der Waals surface area contributed by atoms with Crippen molar-refractivity contribution in [2.24, 2.45) is 5.10 Å². The highest BCUT2D eigenvalue weighted by molar-refractivity contribution is 5.95. The summed E-state index contributed by atoms with van der Waals surface area (Å²) in [5.74, 6) is 0.375. The molecule has 0 radical (unpaired) electrons. The molecule has 3 aromatic rings. The Balaban J connectivity index is 1.62. The van der Waals surface area contributed by atoms with Gasteiger partial charge in [-0.2, -0.15) is 5.10 Å². The molecule has 3 N–H and O–H groups in total. The van der Waals surface area contributed by atoms with Gasteiger partial charge in [0.2, 0.25) is 0 Å². The number of hydrogen-bond donors (Lipinski definition) is 2. The van der Waals surface area contributed by atoms with Gasteiger partial charge in [-0.3, -0.25) is 4.79 Å². The Morgan fingerprint density at radius 2 is 1.71 bits per heavy atom. The number of amides is 1. The summed E-state index contributed by atoms with van der Waals surface area (Å²) in [6.07, 6.45) is 1.41. The van der Waals surface area contributed by atoms with Crippen molar-refractivity contribution >= 4 is 23.8 Å². The molecule has 3 rings (SSSR count). The summed E-state index contributed by atoms with van der Waals surface area (Å²) in [7, 11) is 0. The molecular formula is C21H19N3O4. The molecule has 1 amide bonds.